The molecule has 0 radical (unpaired) electrons. The van der Waals surface area contributed by atoms with Gasteiger partial charge in [-0.1, -0.05) is 24.3 Å². The maximum absolute atomic E-state index is 12.5. The first-order chi connectivity index (χ1) is 12.2. The molecule has 0 saturated heterocycles. The molecule has 0 fully saturated rings. The highest BCUT2D eigenvalue weighted by Crippen LogP contribution is 2.27. The lowest BCUT2D eigenvalue weighted by atomic mass is 10.1. The van der Waals surface area contributed by atoms with Crippen molar-refractivity contribution >= 4 is 5.91 Å². The third-order valence-corrected chi connectivity index (χ3v) is 3.71. The Morgan fingerprint density at radius 2 is 1.88 bits per heavy atom. The van der Waals surface area contributed by atoms with Crippen LogP contribution in [0.5, 0.6) is 11.5 Å². The molecule has 0 atom stereocenters. The predicted octanol–water partition coefficient (Wildman–Crippen LogP) is 3.01. The Hall–Kier alpha value is -3.59. The Balaban J connectivity index is 1.80. The van der Waals surface area contributed by atoms with Gasteiger partial charge in [0, 0.05) is 13.2 Å². The van der Waals surface area contributed by atoms with E-state index in [4.69, 9.17) is 4.74 Å². The van der Waals surface area contributed by atoms with Crippen LogP contribution in [0, 0.1) is 11.3 Å². The lowest BCUT2D eigenvalue weighted by molar-refractivity contribution is 0.0947. The summed E-state index contributed by atoms with van der Waals surface area (Å²) >= 11 is 0. The van der Waals surface area contributed by atoms with Crippen LogP contribution in [0.1, 0.15) is 21.6 Å². The molecule has 6 nitrogen and oxygen atoms in total. The van der Waals surface area contributed by atoms with Crippen molar-refractivity contribution in [3.63, 3.8) is 0 Å². The highest BCUT2D eigenvalue weighted by atomic mass is 16.5. The van der Waals surface area contributed by atoms with Crippen LogP contribution in [0.15, 0.2) is 60.8 Å². The zero-order valence-electron chi connectivity index (χ0n) is 13.6. The third kappa shape index (κ3) is 3.67. The highest BCUT2D eigenvalue weighted by Gasteiger charge is 2.14. The average Bonchev–Trinajstić information content (AvgIpc) is 3.05. The van der Waals surface area contributed by atoms with Crippen LogP contribution in [0.25, 0.3) is 0 Å². The van der Waals surface area contributed by atoms with E-state index in [0.717, 1.165) is 5.69 Å². The van der Waals surface area contributed by atoms with Crippen LogP contribution in [-0.2, 0) is 13.6 Å². The van der Waals surface area contributed by atoms with Crippen LogP contribution < -0.4 is 10.1 Å². The molecule has 124 valence electrons. The molecule has 1 N–H and O–H groups in total. The lowest BCUT2D eigenvalue weighted by Crippen LogP contribution is -2.24. The van der Waals surface area contributed by atoms with E-state index in [0.29, 0.717) is 29.2 Å². The summed E-state index contributed by atoms with van der Waals surface area (Å²) in [6, 6.07) is 17.8. The quantitative estimate of drug-likeness (QED) is 0.779. The van der Waals surface area contributed by atoms with Gasteiger partial charge in [-0.3, -0.25) is 9.48 Å². The smallest absolute Gasteiger partial charge is 0.255 e. The van der Waals surface area contributed by atoms with E-state index < -0.39 is 0 Å². The minimum atomic E-state index is -0.258. The Labute approximate surface area is 145 Å². The van der Waals surface area contributed by atoms with Crippen molar-refractivity contribution in [2.24, 2.45) is 7.05 Å². The largest absolute Gasteiger partial charge is 0.455 e. The molecule has 3 rings (SSSR count). The molecule has 0 aliphatic carbocycles. The summed E-state index contributed by atoms with van der Waals surface area (Å²) < 4.78 is 7.51. The van der Waals surface area contributed by atoms with Crippen LogP contribution in [-0.4, -0.2) is 15.7 Å². The van der Waals surface area contributed by atoms with Gasteiger partial charge < -0.3 is 10.1 Å². The Morgan fingerprint density at radius 3 is 2.60 bits per heavy atom. The second-order valence-corrected chi connectivity index (χ2v) is 5.34. The van der Waals surface area contributed by atoms with Gasteiger partial charge in [-0.2, -0.15) is 10.4 Å². The van der Waals surface area contributed by atoms with E-state index in [-0.39, 0.29) is 5.91 Å². The van der Waals surface area contributed by atoms with Crippen molar-refractivity contribution in [3.8, 4) is 17.6 Å². The van der Waals surface area contributed by atoms with Gasteiger partial charge in [0.25, 0.3) is 5.91 Å². The number of carbonyl (C=O) groups is 1. The summed E-state index contributed by atoms with van der Waals surface area (Å²) in [5.74, 6) is 0.552. The number of hydrogen-bond donors (Lipinski definition) is 1. The van der Waals surface area contributed by atoms with Crippen molar-refractivity contribution in [1.82, 2.24) is 15.1 Å². The van der Waals surface area contributed by atoms with Crippen molar-refractivity contribution in [3.05, 3.63) is 77.6 Å². The molecular formula is C19H16N4O2. The van der Waals surface area contributed by atoms with Gasteiger partial charge in [-0.25, -0.2) is 0 Å². The zero-order valence-corrected chi connectivity index (χ0v) is 13.6. The standard InChI is InChI=1S/C19H16N4O2/c1-23-15(10-11-22-23)13-21-19(24)16-7-3-5-9-18(16)25-17-8-4-2-6-14(17)12-20/h2-11H,13H2,1H3,(H,21,24). The Kier molecular flexibility index (Phi) is 4.77. The molecule has 0 unspecified atom stereocenters. The normalized spacial score (nSPS) is 10.1. The summed E-state index contributed by atoms with van der Waals surface area (Å²) in [4.78, 5) is 12.5. The van der Waals surface area contributed by atoms with Gasteiger partial charge >= 0.3 is 0 Å². The molecule has 0 spiro atoms. The number of aromatic nitrogens is 2. The summed E-state index contributed by atoms with van der Waals surface area (Å²) in [6.45, 7) is 0.360. The average molecular weight is 332 g/mol. The molecule has 6 heteroatoms. The van der Waals surface area contributed by atoms with Gasteiger partial charge in [-0.15, -0.1) is 0 Å². The van der Waals surface area contributed by atoms with E-state index in [9.17, 15) is 10.1 Å². The van der Waals surface area contributed by atoms with Crippen LogP contribution >= 0.6 is 0 Å². The van der Waals surface area contributed by atoms with E-state index in [1.54, 1.807) is 59.4 Å². The number of benzene rings is 2. The van der Waals surface area contributed by atoms with Gasteiger partial charge in [0.15, 0.2) is 0 Å². The molecule has 0 aliphatic rings. The molecule has 1 aromatic heterocycles. The molecule has 1 heterocycles. The molecular weight excluding hydrogens is 316 g/mol. The minimum Gasteiger partial charge on any atom is -0.455 e. The first-order valence-electron chi connectivity index (χ1n) is 7.70. The van der Waals surface area contributed by atoms with Crippen LogP contribution in [0.2, 0.25) is 0 Å². The summed E-state index contributed by atoms with van der Waals surface area (Å²) in [7, 11) is 1.82. The number of para-hydroxylation sites is 2. The number of nitrogens with zero attached hydrogens (tertiary/aromatic N) is 3. The minimum absolute atomic E-state index is 0.258. The Bertz CT molecular complexity index is 940. The monoisotopic (exact) mass is 332 g/mol. The van der Waals surface area contributed by atoms with E-state index in [1.165, 1.54) is 0 Å². The zero-order chi connectivity index (χ0) is 17.6. The summed E-state index contributed by atoms with van der Waals surface area (Å²) in [6.07, 6.45) is 1.68. The molecule has 2 aromatic carbocycles. The Morgan fingerprint density at radius 1 is 1.16 bits per heavy atom. The number of ether oxygens (including phenoxy) is 1. The maximum Gasteiger partial charge on any atom is 0.255 e. The molecule has 0 bridgehead atoms. The van der Waals surface area contributed by atoms with Gasteiger partial charge in [0.05, 0.1) is 23.4 Å². The van der Waals surface area contributed by atoms with E-state index in [2.05, 4.69) is 16.5 Å². The third-order valence-electron chi connectivity index (χ3n) is 3.71. The molecule has 3 aromatic rings. The predicted molar refractivity (Wildman–Crippen MR) is 92.1 cm³/mol. The molecule has 1 amide bonds. The van der Waals surface area contributed by atoms with Gasteiger partial charge in [-0.05, 0) is 30.3 Å². The van der Waals surface area contributed by atoms with Gasteiger partial charge in [0.2, 0.25) is 0 Å². The van der Waals surface area contributed by atoms with E-state index in [1.807, 2.05) is 13.1 Å². The fraction of sp³-hybridized carbons (Fsp3) is 0.105. The van der Waals surface area contributed by atoms with Crippen molar-refractivity contribution in [2.75, 3.05) is 0 Å². The molecule has 25 heavy (non-hydrogen) atoms. The highest BCUT2D eigenvalue weighted by molar-refractivity contribution is 5.97. The number of carbonyl (C=O) groups excluding carboxylic acids is 1. The van der Waals surface area contributed by atoms with Crippen molar-refractivity contribution in [1.29, 1.82) is 5.26 Å². The lowest BCUT2D eigenvalue weighted by Gasteiger charge is -2.12. The summed E-state index contributed by atoms with van der Waals surface area (Å²) in [5, 5.41) is 16.1. The fourth-order valence-corrected chi connectivity index (χ4v) is 2.35. The van der Waals surface area contributed by atoms with E-state index >= 15 is 0 Å². The number of aryl methyl sites for hydroxylation is 1. The number of nitrogens with one attached hydrogen (secondary N) is 1. The number of nitriles is 1. The van der Waals surface area contributed by atoms with Crippen molar-refractivity contribution < 1.29 is 9.53 Å². The molecule has 0 saturated carbocycles. The number of hydrogen-bond acceptors (Lipinski definition) is 4. The van der Waals surface area contributed by atoms with Crippen LogP contribution in [0.3, 0.4) is 0 Å². The second kappa shape index (κ2) is 7.32. The first-order valence-corrected chi connectivity index (χ1v) is 7.70. The second-order valence-electron chi connectivity index (χ2n) is 5.34. The summed E-state index contributed by atoms with van der Waals surface area (Å²) in [5.41, 5.74) is 1.70. The SMILES string of the molecule is Cn1nccc1CNC(=O)c1ccccc1Oc1ccccc1C#N. The molecule has 0 aliphatic heterocycles. The van der Waals surface area contributed by atoms with Gasteiger partial charge in [0.1, 0.15) is 17.6 Å². The fourth-order valence-electron chi connectivity index (χ4n) is 2.35. The number of amides is 1. The number of rotatable bonds is 5. The topological polar surface area (TPSA) is 79.9 Å². The van der Waals surface area contributed by atoms with Crippen molar-refractivity contribution in [2.45, 2.75) is 6.54 Å². The van der Waals surface area contributed by atoms with Crippen LogP contribution in [0.4, 0.5) is 0 Å². The first kappa shape index (κ1) is 16.3. The maximum atomic E-state index is 12.5.